The number of aromatic nitrogens is 1. The number of pyridine rings is 1. The zero-order chi connectivity index (χ0) is 20.2. The first-order chi connectivity index (χ1) is 14.2. The van der Waals surface area contributed by atoms with E-state index in [-0.39, 0.29) is 0 Å². The van der Waals surface area contributed by atoms with Crippen LogP contribution in [0.15, 0.2) is 21.2 Å². The fourth-order valence-corrected chi connectivity index (χ4v) is 5.30. The predicted molar refractivity (Wildman–Crippen MR) is 117 cm³/mol. The van der Waals surface area contributed by atoms with Crippen molar-refractivity contribution < 1.29 is 9.15 Å². The minimum Gasteiger partial charge on any atom is -0.444 e. The standard InChI is InChI=1S/C14H14BrN3O.C8H15NO/c15-13-11-6-10(7-16)19-12(11)8-17-14(13)18-9-4-2-1-3-5-9;1-10-8-4-6-2-3-7(5-8)9-6/h6,8-9H,1-5H2,(H,17,18);6-9H,2-5H2,1H3. The zero-order valence-corrected chi connectivity index (χ0v) is 18.5. The quantitative estimate of drug-likeness (QED) is 0.660. The van der Waals surface area contributed by atoms with Crippen LogP contribution in [0, 0.1) is 11.3 Å². The Labute approximate surface area is 180 Å². The lowest BCUT2D eigenvalue weighted by molar-refractivity contribution is 0.0601. The van der Waals surface area contributed by atoms with Gasteiger partial charge in [-0.15, -0.1) is 0 Å². The van der Waals surface area contributed by atoms with Gasteiger partial charge in [0.1, 0.15) is 11.9 Å². The highest BCUT2D eigenvalue weighted by Crippen LogP contribution is 2.33. The van der Waals surface area contributed by atoms with E-state index in [0.717, 1.165) is 27.8 Å². The molecule has 5 rings (SSSR count). The number of anilines is 1. The number of methoxy groups -OCH3 is 1. The first kappa shape index (κ1) is 20.6. The summed E-state index contributed by atoms with van der Waals surface area (Å²) in [4.78, 5) is 4.39. The van der Waals surface area contributed by atoms with E-state index in [2.05, 4.69) is 31.5 Å². The molecule has 0 amide bonds. The van der Waals surface area contributed by atoms with E-state index in [1.165, 1.54) is 57.8 Å². The Hall–Kier alpha value is -1.62. The van der Waals surface area contributed by atoms with Gasteiger partial charge >= 0.3 is 0 Å². The molecule has 2 bridgehead atoms. The van der Waals surface area contributed by atoms with Gasteiger partial charge < -0.3 is 19.8 Å². The minimum atomic E-state index is 0.312. The maximum Gasteiger partial charge on any atom is 0.204 e. The van der Waals surface area contributed by atoms with Crippen molar-refractivity contribution in [3.63, 3.8) is 0 Å². The molecule has 6 nitrogen and oxygen atoms in total. The van der Waals surface area contributed by atoms with E-state index in [4.69, 9.17) is 14.4 Å². The highest BCUT2D eigenvalue weighted by molar-refractivity contribution is 9.10. The van der Waals surface area contributed by atoms with Crippen molar-refractivity contribution in [2.75, 3.05) is 12.4 Å². The lowest BCUT2D eigenvalue weighted by Crippen LogP contribution is -2.40. The summed E-state index contributed by atoms with van der Waals surface area (Å²) in [6, 6.07) is 5.78. The summed E-state index contributed by atoms with van der Waals surface area (Å²) in [6.07, 6.45) is 13.7. The van der Waals surface area contributed by atoms with Gasteiger partial charge in [0, 0.05) is 36.7 Å². The van der Waals surface area contributed by atoms with Crippen LogP contribution in [0.1, 0.15) is 63.5 Å². The van der Waals surface area contributed by atoms with Crippen molar-refractivity contribution in [1.29, 1.82) is 5.26 Å². The van der Waals surface area contributed by atoms with Crippen LogP contribution < -0.4 is 10.6 Å². The summed E-state index contributed by atoms with van der Waals surface area (Å²) in [7, 11) is 1.83. The Bertz CT molecular complexity index is 860. The van der Waals surface area contributed by atoms with Crippen molar-refractivity contribution in [2.45, 2.75) is 82.0 Å². The van der Waals surface area contributed by atoms with Gasteiger partial charge in [-0.2, -0.15) is 5.26 Å². The highest BCUT2D eigenvalue weighted by Gasteiger charge is 2.33. The van der Waals surface area contributed by atoms with E-state index in [9.17, 15) is 0 Å². The topological polar surface area (TPSA) is 83.1 Å². The Morgan fingerprint density at radius 2 is 1.93 bits per heavy atom. The molecule has 3 aliphatic rings. The number of fused-ring (bicyclic) bond motifs is 3. The van der Waals surface area contributed by atoms with Gasteiger partial charge in [-0.3, -0.25) is 0 Å². The first-order valence-electron chi connectivity index (χ1n) is 10.7. The number of nitriles is 1. The molecule has 0 spiro atoms. The van der Waals surface area contributed by atoms with Crippen molar-refractivity contribution in [3.8, 4) is 6.07 Å². The summed E-state index contributed by atoms with van der Waals surface area (Å²) in [5.74, 6) is 1.15. The van der Waals surface area contributed by atoms with Gasteiger partial charge in [0.15, 0.2) is 5.58 Å². The van der Waals surface area contributed by atoms with Crippen LogP contribution in [0.2, 0.25) is 0 Å². The molecule has 2 atom stereocenters. The fraction of sp³-hybridized carbons (Fsp3) is 0.636. The molecule has 2 aromatic rings. The fourth-order valence-electron chi connectivity index (χ4n) is 4.77. The van der Waals surface area contributed by atoms with Gasteiger partial charge in [-0.05, 0) is 54.5 Å². The molecule has 29 heavy (non-hydrogen) atoms. The Kier molecular flexibility index (Phi) is 6.74. The molecule has 7 heteroatoms. The SMILES string of the molecule is COC1CC2CCC(C1)N2.N#Cc1cc2c(Br)c(NC3CCCCC3)ncc2o1. The van der Waals surface area contributed by atoms with Crippen molar-refractivity contribution in [1.82, 2.24) is 10.3 Å². The number of ether oxygens (including phenoxy) is 1. The summed E-state index contributed by atoms with van der Waals surface area (Å²) in [5, 5.41) is 16.8. The first-order valence-corrected chi connectivity index (χ1v) is 11.5. The summed E-state index contributed by atoms with van der Waals surface area (Å²) in [5.41, 5.74) is 0.637. The van der Waals surface area contributed by atoms with E-state index in [0.29, 0.717) is 23.5 Å². The summed E-state index contributed by atoms with van der Waals surface area (Å²) < 4.78 is 11.6. The van der Waals surface area contributed by atoms with Crippen LogP contribution in [-0.2, 0) is 4.74 Å². The van der Waals surface area contributed by atoms with Crippen LogP contribution in [0.3, 0.4) is 0 Å². The van der Waals surface area contributed by atoms with E-state index in [1.54, 1.807) is 12.3 Å². The molecular formula is C22H29BrN4O2. The number of furan rings is 1. The van der Waals surface area contributed by atoms with Crippen molar-refractivity contribution in [3.05, 3.63) is 22.5 Å². The Balaban J connectivity index is 0.000000171. The Morgan fingerprint density at radius 1 is 1.21 bits per heavy atom. The van der Waals surface area contributed by atoms with E-state index in [1.807, 2.05) is 13.2 Å². The molecule has 2 aromatic heterocycles. The molecule has 156 valence electrons. The van der Waals surface area contributed by atoms with E-state index >= 15 is 0 Å². The predicted octanol–water partition coefficient (Wildman–Crippen LogP) is 5.12. The molecule has 2 aliphatic heterocycles. The van der Waals surface area contributed by atoms with Crippen LogP contribution in [0.5, 0.6) is 0 Å². The number of nitrogens with one attached hydrogen (secondary N) is 2. The van der Waals surface area contributed by atoms with Crippen molar-refractivity contribution in [2.24, 2.45) is 0 Å². The van der Waals surface area contributed by atoms with Gasteiger partial charge in [0.2, 0.25) is 5.76 Å². The average molecular weight is 461 g/mol. The zero-order valence-electron chi connectivity index (χ0n) is 16.9. The maximum atomic E-state index is 8.86. The highest BCUT2D eigenvalue weighted by atomic mass is 79.9. The maximum absolute atomic E-state index is 8.86. The number of piperidine rings is 1. The van der Waals surface area contributed by atoms with E-state index < -0.39 is 0 Å². The van der Waals surface area contributed by atoms with Crippen LogP contribution in [-0.4, -0.2) is 36.3 Å². The molecule has 1 aliphatic carbocycles. The molecule has 2 unspecified atom stereocenters. The second-order valence-electron chi connectivity index (χ2n) is 8.37. The molecule has 3 fully saturated rings. The van der Waals surface area contributed by atoms with Crippen LogP contribution in [0.4, 0.5) is 5.82 Å². The average Bonchev–Trinajstić information content (AvgIpc) is 3.34. The smallest absolute Gasteiger partial charge is 0.204 e. The lowest BCUT2D eigenvalue weighted by Gasteiger charge is -2.27. The second-order valence-corrected chi connectivity index (χ2v) is 9.16. The number of rotatable bonds is 3. The normalized spacial score (nSPS) is 26.6. The largest absolute Gasteiger partial charge is 0.444 e. The molecular weight excluding hydrogens is 432 g/mol. The van der Waals surface area contributed by atoms with Crippen LogP contribution in [0.25, 0.3) is 11.0 Å². The molecule has 4 heterocycles. The third kappa shape index (κ3) is 4.93. The third-order valence-corrected chi connectivity index (χ3v) is 7.14. The third-order valence-electron chi connectivity index (χ3n) is 6.34. The van der Waals surface area contributed by atoms with Gasteiger partial charge in [0.05, 0.1) is 16.8 Å². The monoisotopic (exact) mass is 460 g/mol. The second kappa shape index (κ2) is 9.46. The molecule has 2 saturated heterocycles. The number of hydrogen-bond acceptors (Lipinski definition) is 6. The van der Waals surface area contributed by atoms with Crippen molar-refractivity contribution >= 4 is 32.7 Å². The number of nitrogens with zero attached hydrogens (tertiary/aromatic N) is 2. The van der Waals surface area contributed by atoms with Crippen LogP contribution >= 0.6 is 15.9 Å². The Morgan fingerprint density at radius 3 is 2.59 bits per heavy atom. The number of hydrogen-bond donors (Lipinski definition) is 2. The summed E-state index contributed by atoms with van der Waals surface area (Å²) in [6.45, 7) is 0. The van der Waals surface area contributed by atoms with Gasteiger partial charge in [-0.1, -0.05) is 19.3 Å². The molecule has 0 radical (unpaired) electrons. The van der Waals surface area contributed by atoms with Gasteiger partial charge in [-0.25, -0.2) is 4.98 Å². The molecule has 1 saturated carbocycles. The van der Waals surface area contributed by atoms with Gasteiger partial charge in [0.25, 0.3) is 0 Å². The minimum absolute atomic E-state index is 0.312. The molecule has 0 aromatic carbocycles. The lowest BCUT2D eigenvalue weighted by atomic mass is 9.95. The number of halogens is 1. The molecule has 2 N–H and O–H groups in total. The summed E-state index contributed by atoms with van der Waals surface area (Å²) >= 11 is 3.56.